The van der Waals surface area contributed by atoms with Crippen LogP contribution >= 0.6 is 0 Å². The quantitative estimate of drug-likeness (QED) is 0.0831. The van der Waals surface area contributed by atoms with Gasteiger partial charge in [0.2, 0.25) is 0 Å². The number of ether oxygens (including phenoxy) is 2. The Hall–Kier alpha value is -4.19. The van der Waals surface area contributed by atoms with Crippen molar-refractivity contribution in [2.45, 2.75) is 72.6 Å². The summed E-state index contributed by atoms with van der Waals surface area (Å²) in [5.41, 5.74) is 10.4. The van der Waals surface area contributed by atoms with E-state index in [2.05, 4.69) is 99.3 Å². The van der Waals surface area contributed by atoms with Crippen LogP contribution in [0.15, 0.2) is 97.1 Å². The van der Waals surface area contributed by atoms with Gasteiger partial charge in [-0.25, -0.2) is 4.79 Å². The molecule has 0 amide bonds. The molecule has 0 heterocycles. The maximum Gasteiger partial charge on any atom is 0.333 e. The van der Waals surface area contributed by atoms with Gasteiger partial charge in [-0.2, -0.15) is 0 Å². The van der Waals surface area contributed by atoms with Crippen molar-refractivity contribution in [2.24, 2.45) is 5.41 Å². The Morgan fingerprint density at radius 2 is 1.31 bits per heavy atom. The summed E-state index contributed by atoms with van der Waals surface area (Å²) in [6.07, 6.45) is 6.09. The summed E-state index contributed by atoms with van der Waals surface area (Å²) < 4.78 is 11.6. The minimum Gasteiger partial charge on any atom is -0.493 e. The lowest BCUT2D eigenvalue weighted by molar-refractivity contribution is -0.138. The average molecular weight is 649 g/mol. The van der Waals surface area contributed by atoms with Crippen LogP contribution in [-0.2, 0) is 28.8 Å². The molecule has 0 aromatic heterocycles. The predicted octanol–water partition coefficient (Wildman–Crippen LogP) is 9.40. The number of carbonyl (C=O) groups excluding carboxylic acids is 1. The van der Waals surface area contributed by atoms with Crippen molar-refractivity contribution < 1.29 is 24.5 Å². The Bertz CT molecular complexity index is 1620. The van der Waals surface area contributed by atoms with Gasteiger partial charge in [0.15, 0.2) is 0 Å². The zero-order chi connectivity index (χ0) is 34.5. The predicted molar refractivity (Wildman–Crippen MR) is 197 cm³/mol. The third-order valence-electron chi connectivity index (χ3n) is 9.45. The highest BCUT2D eigenvalue weighted by atomic mass is 16.5. The highest BCUT2D eigenvalue weighted by molar-refractivity contribution is 5.87. The minimum atomic E-state index is -0.575. The van der Waals surface area contributed by atoms with E-state index in [0.717, 1.165) is 29.5 Å². The molecule has 0 spiro atoms. The number of carbonyl (C=O) groups is 1. The molecule has 0 saturated carbocycles. The summed E-state index contributed by atoms with van der Waals surface area (Å²) in [7, 11) is 0. The van der Waals surface area contributed by atoms with Gasteiger partial charge in [-0.05, 0) is 101 Å². The molecule has 0 fully saturated rings. The molecule has 4 aromatic carbocycles. The third kappa shape index (κ3) is 9.46. The van der Waals surface area contributed by atoms with E-state index in [9.17, 15) is 15.0 Å². The second-order valence-corrected chi connectivity index (χ2v) is 12.9. The smallest absolute Gasteiger partial charge is 0.333 e. The normalized spacial score (nSPS) is 11.4. The Morgan fingerprint density at radius 1 is 0.729 bits per heavy atom. The Balaban J connectivity index is 1.56. The van der Waals surface area contributed by atoms with E-state index in [4.69, 9.17) is 9.47 Å². The van der Waals surface area contributed by atoms with Crippen LogP contribution < -0.4 is 4.74 Å². The lowest BCUT2D eigenvalue weighted by Crippen LogP contribution is -2.31. The lowest BCUT2D eigenvalue weighted by Gasteiger charge is -2.28. The van der Waals surface area contributed by atoms with Gasteiger partial charge in [0.1, 0.15) is 5.75 Å². The van der Waals surface area contributed by atoms with E-state index in [-0.39, 0.29) is 19.8 Å². The van der Waals surface area contributed by atoms with Gasteiger partial charge < -0.3 is 19.7 Å². The highest BCUT2D eigenvalue weighted by Gasteiger charge is 2.26. The number of hydrogen-bond acceptors (Lipinski definition) is 5. The molecule has 0 bridgehead atoms. The molecule has 0 unspecified atom stereocenters. The first-order valence-corrected chi connectivity index (χ1v) is 17.4. The van der Waals surface area contributed by atoms with Crippen LogP contribution in [0.25, 0.3) is 33.4 Å². The fourth-order valence-electron chi connectivity index (χ4n) is 5.89. The molecular formula is C43H52O5. The van der Waals surface area contributed by atoms with E-state index in [1.807, 2.05) is 13.0 Å². The zero-order valence-electron chi connectivity index (χ0n) is 29.2. The molecule has 0 radical (unpaired) electrons. The van der Waals surface area contributed by atoms with Crippen molar-refractivity contribution in [3.63, 3.8) is 0 Å². The summed E-state index contributed by atoms with van der Waals surface area (Å²) in [6, 6.07) is 30.5. The average Bonchev–Trinajstić information content (AvgIpc) is 3.13. The molecule has 0 aliphatic heterocycles. The number of unbranched alkanes of at least 4 members (excludes halogenated alkanes) is 1. The van der Waals surface area contributed by atoms with Crippen molar-refractivity contribution in [3.8, 4) is 39.1 Å². The Labute approximate surface area is 287 Å². The first-order chi connectivity index (χ1) is 23.3. The van der Waals surface area contributed by atoms with E-state index < -0.39 is 11.4 Å². The van der Waals surface area contributed by atoms with E-state index in [0.29, 0.717) is 37.2 Å². The first kappa shape index (κ1) is 36.6. The van der Waals surface area contributed by atoms with Crippen LogP contribution in [0.5, 0.6) is 5.75 Å². The fraction of sp³-hybridized carbons (Fsp3) is 0.372. The topological polar surface area (TPSA) is 76.0 Å². The first-order valence-electron chi connectivity index (χ1n) is 17.4. The molecule has 5 nitrogen and oxygen atoms in total. The molecule has 0 aliphatic carbocycles. The van der Waals surface area contributed by atoms with Crippen molar-refractivity contribution >= 4 is 5.97 Å². The molecule has 0 atom stereocenters. The SMILES string of the molecule is C=C(C)C(=O)OCCc1cc(-c2ccc(-c3ccc(-c4ccc(CCCC)cc4)cc3)cc2CC)ccc1OCCC(CC)(CO)CO. The number of aliphatic hydroxyl groups is 2. The second-order valence-electron chi connectivity index (χ2n) is 12.9. The number of esters is 1. The van der Waals surface area contributed by atoms with E-state index in [1.54, 1.807) is 6.92 Å². The number of aliphatic hydroxyl groups excluding tert-OH is 2. The van der Waals surface area contributed by atoms with Crippen LogP contribution in [0.4, 0.5) is 0 Å². The van der Waals surface area contributed by atoms with Gasteiger partial charge in [-0.1, -0.05) is 107 Å². The molecule has 2 N–H and O–H groups in total. The number of benzene rings is 4. The molecule has 5 heteroatoms. The summed E-state index contributed by atoms with van der Waals surface area (Å²) in [5.74, 6) is 0.292. The standard InChI is InChI=1S/C43H52O5/c1-6-9-10-32-11-13-34(14-12-32)35-15-17-36(18-16-35)37-19-21-40(33(7-2)27-37)38-20-22-41(47-26-24-43(8-3,29-44)30-45)39(28-38)23-25-48-42(46)31(4)5/h11-22,27-28,44-45H,4,6-10,23-26,29-30H2,1-3,5H3. The Kier molecular flexibility index (Phi) is 13.6. The van der Waals surface area contributed by atoms with Gasteiger partial charge >= 0.3 is 5.97 Å². The van der Waals surface area contributed by atoms with Gasteiger partial charge in [0.25, 0.3) is 0 Å². The molecular weight excluding hydrogens is 596 g/mol. The third-order valence-corrected chi connectivity index (χ3v) is 9.45. The van der Waals surface area contributed by atoms with Gasteiger partial charge in [0, 0.05) is 17.4 Å². The van der Waals surface area contributed by atoms with Crippen molar-refractivity contribution in [1.29, 1.82) is 0 Å². The van der Waals surface area contributed by atoms with Gasteiger partial charge in [-0.15, -0.1) is 0 Å². The minimum absolute atomic E-state index is 0.0983. The zero-order valence-corrected chi connectivity index (χ0v) is 29.2. The Morgan fingerprint density at radius 3 is 1.90 bits per heavy atom. The van der Waals surface area contributed by atoms with Crippen LogP contribution in [0.3, 0.4) is 0 Å². The fourth-order valence-corrected chi connectivity index (χ4v) is 5.89. The van der Waals surface area contributed by atoms with E-state index in [1.165, 1.54) is 46.2 Å². The highest BCUT2D eigenvalue weighted by Crippen LogP contribution is 2.34. The largest absolute Gasteiger partial charge is 0.493 e. The summed E-state index contributed by atoms with van der Waals surface area (Å²) >= 11 is 0. The maximum absolute atomic E-state index is 12.1. The van der Waals surface area contributed by atoms with Crippen LogP contribution in [-0.4, -0.2) is 42.6 Å². The van der Waals surface area contributed by atoms with Crippen molar-refractivity contribution in [1.82, 2.24) is 0 Å². The second kappa shape index (κ2) is 17.8. The summed E-state index contributed by atoms with van der Waals surface area (Å²) in [4.78, 5) is 12.1. The van der Waals surface area contributed by atoms with Crippen molar-refractivity contribution in [2.75, 3.05) is 26.4 Å². The molecule has 0 aliphatic rings. The van der Waals surface area contributed by atoms with Gasteiger partial charge in [0.05, 0.1) is 26.4 Å². The number of rotatable bonds is 18. The summed E-state index contributed by atoms with van der Waals surface area (Å²) in [5, 5.41) is 19.7. The van der Waals surface area contributed by atoms with Crippen LogP contribution in [0.2, 0.25) is 0 Å². The van der Waals surface area contributed by atoms with Crippen LogP contribution in [0, 0.1) is 5.41 Å². The number of hydrogen-bond donors (Lipinski definition) is 2. The molecule has 4 aromatic rings. The summed E-state index contributed by atoms with van der Waals surface area (Å²) in [6.45, 7) is 12.0. The lowest BCUT2D eigenvalue weighted by atomic mass is 9.84. The molecule has 0 saturated heterocycles. The van der Waals surface area contributed by atoms with Gasteiger partial charge in [-0.3, -0.25) is 0 Å². The molecule has 254 valence electrons. The van der Waals surface area contributed by atoms with Crippen molar-refractivity contribution in [3.05, 3.63) is 114 Å². The monoisotopic (exact) mass is 648 g/mol. The molecule has 4 rings (SSSR count). The van der Waals surface area contributed by atoms with Crippen LogP contribution in [0.1, 0.15) is 70.1 Å². The maximum atomic E-state index is 12.1. The van der Waals surface area contributed by atoms with E-state index >= 15 is 0 Å². The molecule has 48 heavy (non-hydrogen) atoms. The number of aryl methyl sites for hydroxylation is 2.